The molecule has 0 spiro atoms. The van der Waals surface area contributed by atoms with E-state index in [4.69, 9.17) is 9.47 Å². The molecule has 1 N–H and O–H groups in total. The molecule has 0 aromatic heterocycles. The summed E-state index contributed by atoms with van der Waals surface area (Å²) in [4.78, 5) is 35.5. The average Bonchev–Trinajstić information content (AvgIpc) is 2.59. The molecule has 1 aromatic rings. The van der Waals surface area contributed by atoms with Crippen LogP contribution in [0.1, 0.15) is 55.6 Å². The van der Waals surface area contributed by atoms with Gasteiger partial charge >= 0.3 is 17.9 Å². The predicted molar refractivity (Wildman–Crippen MR) is 102 cm³/mol. The maximum absolute atomic E-state index is 11.9. The molecule has 0 amide bonds. The molecule has 0 aliphatic heterocycles. The van der Waals surface area contributed by atoms with Gasteiger partial charge in [0.15, 0.2) is 0 Å². The second kappa shape index (κ2) is 11.2. The van der Waals surface area contributed by atoms with Crippen molar-refractivity contribution in [2.24, 2.45) is 5.92 Å². The molecule has 6 nitrogen and oxygen atoms in total. The van der Waals surface area contributed by atoms with E-state index >= 15 is 0 Å². The van der Waals surface area contributed by atoms with E-state index in [2.05, 4.69) is 13.8 Å². The van der Waals surface area contributed by atoms with Crippen LogP contribution in [0.4, 0.5) is 0 Å². The van der Waals surface area contributed by atoms with E-state index < -0.39 is 17.9 Å². The molecule has 148 valence electrons. The molecule has 0 aliphatic carbocycles. The first-order valence-electron chi connectivity index (χ1n) is 9.19. The van der Waals surface area contributed by atoms with Crippen LogP contribution in [0.5, 0.6) is 0 Å². The smallest absolute Gasteiger partial charge is 0.345 e. The van der Waals surface area contributed by atoms with Gasteiger partial charge in [0.2, 0.25) is 0 Å². The summed E-state index contributed by atoms with van der Waals surface area (Å²) >= 11 is 0. The fourth-order valence-electron chi connectivity index (χ4n) is 2.68. The summed E-state index contributed by atoms with van der Waals surface area (Å²) in [6, 6.07) is 5.41. The van der Waals surface area contributed by atoms with Crippen molar-refractivity contribution in [3.05, 3.63) is 46.5 Å². The van der Waals surface area contributed by atoms with E-state index in [-0.39, 0.29) is 24.4 Å². The van der Waals surface area contributed by atoms with Gasteiger partial charge in [0.25, 0.3) is 0 Å². The molecule has 0 bridgehead atoms. The molecule has 0 atom stereocenters. The Morgan fingerprint density at radius 3 is 2.15 bits per heavy atom. The highest BCUT2D eigenvalue weighted by Crippen LogP contribution is 2.18. The van der Waals surface area contributed by atoms with E-state index in [1.54, 1.807) is 26.0 Å². The summed E-state index contributed by atoms with van der Waals surface area (Å²) < 4.78 is 9.77. The summed E-state index contributed by atoms with van der Waals surface area (Å²) in [5.74, 6) is -2.03. The second-order valence-corrected chi connectivity index (χ2v) is 6.49. The van der Waals surface area contributed by atoms with Crippen molar-refractivity contribution in [3.63, 3.8) is 0 Å². The zero-order valence-corrected chi connectivity index (χ0v) is 16.4. The Morgan fingerprint density at radius 1 is 1.07 bits per heavy atom. The molecule has 0 saturated heterocycles. The van der Waals surface area contributed by atoms with Gasteiger partial charge in [-0.25, -0.2) is 14.4 Å². The van der Waals surface area contributed by atoms with Crippen molar-refractivity contribution in [2.75, 3.05) is 13.2 Å². The highest BCUT2D eigenvalue weighted by molar-refractivity contribution is 6.14. The lowest BCUT2D eigenvalue weighted by Gasteiger charge is -2.10. The van der Waals surface area contributed by atoms with E-state index in [1.165, 1.54) is 6.08 Å². The molecule has 1 rings (SSSR count). The highest BCUT2D eigenvalue weighted by Gasteiger charge is 2.20. The Balaban J connectivity index is 2.98. The minimum absolute atomic E-state index is 0.149. The summed E-state index contributed by atoms with van der Waals surface area (Å²) in [6.45, 7) is 7.75. The van der Waals surface area contributed by atoms with E-state index in [1.807, 2.05) is 6.07 Å². The number of ether oxygens (including phenoxy) is 2. The van der Waals surface area contributed by atoms with Crippen molar-refractivity contribution in [3.8, 4) is 0 Å². The van der Waals surface area contributed by atoms with Crippen molar-refractivity contribution in [1.82, 2.24) is 0 Å². The number of carboxylic acid groups (broad SMARTS) is 1. The van der Waals surface area contributed by atoms with Gasteiger partial charge in [0.1, 0.15) is 5.57 Å². The SMILES string of the molecule is CCOC(=O)C(=CCCc1ccc(CC(C)C)cc1C(=O)O)C(=O)OCC. The van der Waals surface area contributed by atoms with Gasteiger partial charge in [0.05, 0.1) is 18.8 Å². The largest absolute Gasteiger partial charge is 0.478 e. The Bertz CT molecular complexity index is 683. The van der Waals surface area contributed by atoms with Crippen LogP contribution in [-0.4, -0.2) is 36.2 Å². The van der Waals surface area contributed by atoms with Crippen molar-refractivity contribution < 1.29 is 29.0 Å². The molecule has 1 aromatic carbocycles. The third kappa shape index (κ3) is 7.25. The highest BCUT2D eigenvalue weighted by atomic mass is 16.6. The molecular formula is C21H28O6. The summed E-state index contributed by atoms with van der Waals surface area (Å²) in [5.41, 5.74) is 1.71. The molecule has 0 fully saturated rings. The monoisotopic (exact) mass is 376 g/mol. The molecule has 0 heterocycles. The van der Waals surface area contributed by atoms with Crippen molar-refractivity contribution >= 4 is 17.9 Å². The summed E-state index contributed by atoms with van der Waals surface area (Å²) in [6.07, 6.45) is 2.95. The van der Waals surface area contributed by atoms with E-state index in [9.17, 15) is 19.5 Å². The van der Waals surface area contributed by atoms with Crippen LogP contribution in [0.15, 0.2) is 29.8 Å². The first-order chi connectivity index (χ1) is 12.8. The van der Waals surface area contributed by atoms with Crippen LogP contribution in [0, 0.1) is 5.92 Å². The summed E-state index contributed by atoms with van der Waals surface area (Å²) in [5, 5.41) is 9.49. The first kappa shape index (κ1) is 22.4. The fraction of sp³-hybridized carbons (Fsp3) is 0.476. The number of hydrogen-bond acceptors (Lipinski definition) is 5. The van der Waals surface area contributed by atoms with Crippen molar-refractivity contribution in [1.29, 1.82) is 0 Å². The number of rotatable bonds is 10. The molecule has 0 aliphatic rings. The Kier molecular flexibility index (Phi) is 9.26. The normalized spacial score (nSPS) is 10.4. The van der Waals surface area contributed by atoms with Crippen LogP contribution >= 0.6 is 0 Å². The Labute approximate surface area is 160 Å². The molecule has 6 heteroatoms. The number of aryl methyl sites for hydroxylation is 1. The number of aromatic carboxylic acids is 1. The predicted octanol–water partition coefficient (Wildman–Crippen LogP) is 3.57. The molecule has 0 unspecified atom stereocenters. The molecule has 0 saturated carbocycles. The third-order valence-corrected chi connectivity index (χ3v) is 3.80. The zero-order valence-electron chi connectivity index (χ0n) is 16.4. The van der Waals surface area contributed by atoms with Gasteiger partial charge in [-0.1, -0.05) is 32.1 Å². The topological polar surface area (TPSA) is 89.9 Å². The standard InChI is InChI=1S/C21H28O6/c1-5-26-20(24)17(21(25)27-6-2)9-7-8-16-11-10-15(12-14(3)4)13-18(16)19(22)23/h9-11,13-14H,5-8,12H2,1-4H3,(H,22,23). The lowest BCUT2D eigenvalue weighted by atomic mass is 9.95. The van der Waals surface area contributed by atoms with Crippen LogP contribution in [0.25, 0.3) is 0 Å². The minimum atomic E-state index is -0.990. The van der Waals surface area contributed by atoms with Crippen LogP contribution in [-0.2, 0) is 31.9 Å². The quantitative estimate of drug-likeness (QED) is 0.291. The molecule has 27 heavy (non-hydrogen) atoms. The number of carboxylic acids is 1. The maximum Gasteiger partial charge on any atom is 0.345 e. The van der Waals surface area contributed by atoms with Gasteiger partial charge in [-0.05, 0) is 56.2 Å². The number of carbonyl (C=O) groups is 3. The fourth-order valence-corrected chi connectivity index (χ4v) is 2.68. The second-order valence-electron chi connectivity index (χ2n) is 6.49. The van der Waals surface area contributed by atoms with Gasteiger partial charge in [-0.3, -0.25) is 0 Å². The van der Waals surface area contributed by atoms with Gasteiger partial charge in [0, 0.05) is 0 Å². The minimum Gasteiger partial charge on any atom is -0.478 e. The van der Waals surface area contributed by atoms with Gasteiger partial charge < -0.3 is 14.6 Å². The van der Waals surface area contributed by atoms with Crippen LogP contribution in [0.3, 0.4) is 0 Å². The van der Waals surface area contributed by atoms with Crippen molar-refractivity contribution in [2.45, 2.75) is 47.0 Å². The van der Waals surface area contributed by atoms with E-state index in [0.29, 0.717) is 24.3 Å². The van der Waals surface area contributed by atoms with Crippen LogP contribution in [0.2, 0.25) is 0 Å². The maximum atomic E-state index is 11.9. The third-order valence-electron chi connectivity index (χ3n) is 3.80. The number of benzene rings is 1. The average molecular weight is 376 g/mol. The van der Waals surface area contributed by atoms with Crippen LogP contribution < -0.4 is 0 Å². The van der Waals surface area contributed by atoms with Gasteiger partial charge in [-0.15, -0.1) is 0 Å². The zero-order chi connectivity index (χ0) is 20.4. The van der Waals surface area contributed by atoms with Gasteiger partial charge in [-0.2, -0.15) is 0 Å². The first-order valence-corrected chi connectivity index (χ1v) is 9.19. The number of esters is 2. The van der Waals surface area contributed by atoms with E-state index in [0.717, 1.165) is 12.0 Å². The summed E-state index contributed by atoms with van der Waals surface area (Å²) in [7, 11) is 0. The lowest BCUT2D eigenvalue weighted by molar-refractivity contribution is -0.146. The number of carbonyl (C=O) groups excluding carboxylic acids is 2. The Hall–Kier alpha value is -2.63. The molecular weight excluding hydrogens is 348 g/mol. The lowest BCUT2D eigenvalue weighted by Crippen LogP contribution is -2.18. The number of hydrogen-bond donors (Lipinski definition) is 1. The molecule has 0 radical (unpaired) electrons. The Morgan fingerprint density at radius 2 is 1.67 bits per heavy atom. The number of allylic oxidation sites excluding steroid dienone is 1.